The maximum Gasteiger partial charge on any atom is 0.251 e. The average Bonchev–Trinajstić information content (AvgIpc) is 2.40. The van der Waals surface area contributed by atoms with Crippen LogP contribution in [0.1, 0.15) is 5.56 Å². The molecule has 0 saturated carbocycles. The lowest BCUT2D eigenvalue weighted by Crippen LogP contribution is -2.12. The van der Waals surface area contributed by atoms with Crippen molar-refractivity contribution >= 4 is 29.2 Å². The maximum atomic E-state index is 11.1. The fourth-order valence-corrected chi connectivity index (χ4v) is 2.37. The quantitative estimate of drug-likeness (QED) is 0.263. The first-order valence-corrected chi connectivity index (χ1v) is 6.30. The lowest BCUT2D eigenvalue weighted by Gasteiger charge is -2.05. The molecule has 0 aliphatic carbocycles. The number of benzene rings is 1. The van der Waals surface area contributed by atoms with Crippen LogP contribution in [0.4, 0.5) is 0 Å². The highest BCUT2D eigenvalue weighted by Crippen LogP contribution is 2.31. The normalized spacial score (nSPS) is 11.5. The van der Waals surface area contributed by atoms with E-state index in [1.807, 2.05) is 0 Å². The minimum Gasteiger partial charge on any atom is -0.409 e. The summed E-state index contributed by atoms with van der Waals surface area (Å²) in [5.74, 6) is -0.0234. The van der Waals surface area contributed by atoms with Gasteiger partial charge in [0.15, 0.2) is 11.0 Å². The van der Waals surface area contributed by atoms with E-state index in [0.29, 0.717) is 20.6 Å². The molecule has 1 aromatic heterocycles. The van der Waals surface area contributed by atoms with Gasteiger partial charge in [-0.1, -0.05) is 28.5 Å². The summed E-state index contributed by atoms with van der Waals surface area (Å²) in [5, 5.41) is 12.3. The molecule has 2 aromatic rings. The Kier molecular flexibility index (Phi) is 4.08. The number of aromatic nitrogens is 2. The number of nitrogens with zero attached hydrogens (tertiary/aromatic N) is 2. The first-order valence-electron chi connectivity index (χ1n) is 5.11. The van der Waals surface area contributed by atoms with Crippen LogP contribution in [0.2, 0.25) is 5.02 Å². The zero-order chi connectivity index (χ0) is 13.8. The van der Waals surface area contributed by atoms with Gasteiger partial charge in [-0.15, -0.1) is 0 Å². The fourth-order valence-electron chi connectivity index (χ4n) is 1.31. The Bertz CT molecular complexity index is 686. The third-order valence-electron chi connectivity index (χ3n) is 2.19. The number of aromatic amines is 1. The topological polar surface area (TPSA) is 104 Å². The summed E-state index contributed by atoms with van der Waals surface area (Å²) in [5.41, 5.74) is 5.73. The molecule has 4 N–H and O–H groups in total. The van der Waals surface area contributed by atoms with Gasteiger partial charge in [-0.3, -0.25) is 4.79 Å². The second-order valence-corrected chi connectivity index (χ2v) is 4.91. The van der Waals surface area contributed by atoms with Gasteiger partial charge < -0.3 is 15.9 Å². The van der Waals surface area contributed by atoms with Gasteiger partial charge in [0, 0.05) is 22.7 Å². The van der Waals surface area contributed by atoms with Crippen molar-refractivity contribution in [2.24, 2.45) is 10.9 Å². The summed E-state index contributed by atoms with van der Waals surface area (Å²) < 4.78 is 0. The van der Waals surface area contributed by atoms with E-state index in [1.165, 1.54) is 24.0 Å². The molecular weight excluding hydrogens is 288 g/mol. The number of hydrogen-bond acceptors (Lipinski definition) is 5. The van der Waals surface area contributed by atoms with Crippen LogP contribution in [0.15, 0.2) is 50.5 Å². The Labute approximate surface area is 117 Å². The van der Waals surface area contributed by atoms with Crippen LogP contribution in [-0.4, -0.2) is 21.0 Å². The van der Waals surface area contributed by atoms with Crippen LogP contribution in [0.25, 0.3) is 0 Å². The maximum absolute atomic E-state index is 11.1. The second kappa shape index (κ2) is 5.77. The minimum absolute atomic E-state index is 0.0234. The molecule has 0 aliphatic heterocycles. The highest BCUT2D eigenvalue weighted by Gasteiger charge is 2.07. The van der Waals surface area contributed by atoms with E-state index < -0.39 is 0 Å². The number of nitrogens with two attached hydrogens (primary N) is 1. The fraction of sp³-hybridized carbons (Fsp3) is 0. The van der Waals surface area contributed by atoms with E-state index in [1.54, 1.807) is 18.2 Å². The van der Waals surface area contributed by atoms with Crippen molar-refractivity contribution < 1.29 is 5.21 Å². The summed E-state index contributed by atoms with van der Waals surface area (Å²) in [6, 6.07) is 6.25. The van der Waals surface area contributed by atoms with E-state index >= 15 is 0 Å². The zero-order valence-corrected chi connectivity index (χ0v) is 11.1. The summed E-state index contributed by atoms with van der Waals surface area (Å²) in [7, 11) is 0. The van der Waals surface area contributed by atoms with Gasteiger partial charge >= 0.3 is 0 Å². The third kappa shape index (κ3) is 3.27. The van der Waals surface area contributed by atoms with Crippen molar-refractivity contribution in [3.63, 3.8) is 0 Å². The van der Waals surface area contributed by atoms with Gasteiger partial charge in [-0.25, -0.2) is 4.98 Å². The molecule has 0 atom stereocenters. The van der Waals surface area contributed by atoms with Crippen LogP contribution in [0, 0.1) is 0 Å². The first kappa shape index (κ1) is 13.4. The highest BCUT2D eigenvalue weighted by molar-refractivity contribution is 7.99. The zero-order valence-electron chi connectivity index (χ0n) is 9.50. The van der Waals surface area contributed by atoms with Crippen molar-refractivity contribution in [2.45, 2.75) is 10.1 Å². The number of amidine groups is 1. The van der Waals surface area contributed by atoms with E-state index in [4.69, 9.17) is 22.5 Å². The average molecular weight is 297 g/mol. The van der Waals surface area contributed by atoms with Crippen molar-refractivity contribution in [3.8, 4) is 0 Å². The number of H-pyrrole nitrogens is 1. The molecule has 0 spiro atoms. The largest absolute Gasteiger partial charge is 0.409 e. The second-order valence-electron chi connectivity index (χ2n) is 3.47. The van der Waals surface area contributed by atoms with Crippen LogP contribution in [-0.2, 0) is 0 Å². The molecule has 0 aliphatic rings. The van der Waals surface area contributed by atoms with Gasteiger partial charge in [-0.2, -0.15) is 0 Å². The lowest BCUT2D eigenvalue weighted by atomic mass is 10.2. The summed E-state index contributed by atoms with van der Waals surface area (Å²) in [6.45, 7) is 0. The minimum atomic E-state index is -0.234. The molecule has 98 valence electrons. The molecule has 1 heterocycles. The Morgan fingerprint density at radius 3 is 2.89 bits per heavy atom. The number of nitrogens with one attached hydrogen (secondary N) is 1. The predicted octanol–water partition coefficient (Wildman–Crippen LogP) is 1.67. The molecule has 19 heavy (non-hydrogen) atoms. The Hall–Kier alpha value is -1.99. The van der Waals surface area contributed by atoms with Crippen molar-refractivity contribution in [3.05, 3.63) is 51.4 Å². The van der Waals surface area contributed by atoms with Gasteiger partial charge in [0.05, 0.1) is 5.02 Å². The van der Waals surface area contributed by atoms with Crippen molar-refractivity contribution in [2.75, 3.05) is 0 Å². The van der Waals surface area contributed by atoms with Crippen LogP contribution >= 0.6 is 23.4 Å². The Balaban J connectivity index is 2.29. The monoisotopic (exact) mass is 296 g/mol. The molecule has 0 bridgehead atoms. The van der Waals surface area contributed by atoms with Crippen LogP contribution < -0.4 is 11.3 Å². The van der Waals surface area contributed by atoms with Crippen LogP contribution in [0.3, 0.4) is 0 Å². The summed E-state index contributed by atoms with van der Waals surface area (Å²) in [4.78, 5) is 18.4. The summed E-state index contributed by atoms with van der Waals surface area (Å²) >= 11 is 7.30. The van der Waals surface area contributed by atoms with E-state index in [2.05, 4.69) is 15.1 Å². The Morgan fingerprint density at radius 1 is 1.47 bits per heavy atom. The molecule has 0 amide bonds. The molecular formula is C11H9ClN4O2S. The SMILES string of the molecule is NC(=NO)c1ccc(Sc2nccc(=O)[nH]2)c(Cl)c1. The number of halogens is 1. The van der Waals surface area contributed by atoms with Crippen molar-refractivity contribution in [1.82, 2.24) is 9.97 Å². The van der Waals surface area contributed by atoms with Gasteiger partial charge in [0.1, 0.15) is 0 Å². The summed E-state index contributed by atoms with van der Waals surface area (Å²) in [6.07, 6.45) is 1.42. The van der Waals surface area contributed by atoms with Gasteiger partial charge in [-0.05, 0) is 18.2 Å². The van der Waals surface area contributed by atoms with E-state index in [-0.39, 0.29) is 11.4 Å². The molecule has 0 radical (unpaired) electrons. The molecule has 2 rings (SSSR count). The number of rotatable bonds is 3. The lowest BCUT2D eigenvalue weighted by molar-refractivity contribution is 0.318. The standard InChI is InChI=1S/C11H9ClN4O2S/c12-7-5-6(10(13)16-18)1-2-8(7)19-11-14-4-3-9(17)15-11/h1-5,18H,(H2,13,16)(H,14,15,17). The highest BCUT2D eigenvalue weighted by atomic mass is 35.5. The molecule has 0 unspecified atom stereocenters. The van der Waals surface area contributed by atoms with E-state index in [9.17, 15) is 4.79 Å². The molecule has 0 saturated heterocycles. The van der Waals surface area contributed by atoms with Crippen LogP contribution in [0.5, 0.6) is 0 Å². The van der Waals surface area contributed by atoms with E-state index in [0.717, 1.165) is 0 Å². The predicted molar refractivity (Wildman–Crippen MR) is 72.9 cm³/mol. The smallest absolute Gasteiger partial charge is 0.251 e. The number of oxime groups is 1. The number of hydrogen-bond donors (Lipinski definition) is 3. The molecule has 6 nitrogen and oxygen atoms in total. The Morgan fingerprint density at radius 2 is 2.26 bits per heavy atom. The molecule has 1 aromatic carbocycles. The van der Waals surface area contributed by atoms with Gasteiger partial charge in [0.25, 0.3) is 5.56 Å². The molecule has 8 heteroatoms. The third-order valence-corrected chi connectivity index (χ3v) is 3.59. The molecule has 0 fully saturated rings. The van der Waals surface area contributed by atoms with Gasteiger partial charge in [0.2, 0.25) is 0 Å². The van der Waals surface area contributed by atoms with Crippen molar-refractivity contribution in [1.29, 1.82) is 0 Å². The first-order chi connectivity index (χ1) is 9.10.